The van der Waals surface area contributed by atoms with Crippen LogP contribution in [0.5, 0.6) is 0 Å². The molecule has 5 nitrogen and oxygen atoms in total. The zero-order valence-electron chi connectivity index (χ0n) is 23.5. The van der Waals surface area contributed by atoms with Gasteiger partial charge in [0, 0.05) is 31.0 Å². The van der Waals surface area contributed by atoms with Gasteiger partial charge in [-0.15, -0.1) is 0 Å². The third-order valence-corrected chi connectivity index (χ3v) is 8.27. The van der Waals surface area contributed by atoms with Gasteiger partial charge in [-0.05, 0) is 75.2 Å². The van der Waals surface area contributed by atoms with Crippen LogP contribution in [0.4, 0.5) is 0 Å². The minimum atomic E-state index is -0.576. The van der Waals surface area contributed by atoms with Crippen LogP contribution in [0, 0.1) is 5.92 Å². The van der Waals surface area contributed by atoms with Crippen LogP contribution in [-0.2, 0) is 33.6 Å². The van der Waals surface area contributed by atoms with Crippen molar-refractivity contribution in [3.8, 4) is 0 Å². The largest absolute Gasteiger partial charge is 0.495 e. The highest BCUT2D eigenvalue weighted by molar-refractivity contribution is 6.62. The second-order valence-electron chi connectivity index (χ2n) is 11.9. The number of carbonyl (C=O) groups is 2. The molecule has 1 aliphatic carbocycles. The maximum absolute atomic E-state index is 13.4. The number of ketones is 1. The van der Waals surface area contributed by atoms with E-state index in [9.17, 15) is 9.59 Å². The van der Waals surface area contributed by atoms with Crippen molar-refractivity contribution in [1.82, 2.24) is 4.90 Å². The molecule has 2 aliphatic rings. The van der Waals surface area contributed by atoms with Gasteiger partial charge in [-0.3, -0.25) is 9.59 Å². The number of rotatable bonds is 10. The fourth-order valence-electron chi connectivity index (χ4n) is 4.97. The van der Waals surface area contributed by atoms with Crippen molar-refractivity contribution in [2.24, 2.45) is 5.92 Å². The predicted molar refractivity (Wildman–Crippen MR) is 155 cm³/mol. The summed E-state index contributed by atoms with van der Waals surface area (Å²) in [6, 6.07) is 25.9. The maximum atomic E-state index is 13.4. The van der Waals surface area contributed by atoms with E-state index in [-0.39, 0.29) is 17.6 Å². The Kier molecular flexibility index (Phi) is 7.79. The number of benzene rings is 3. The molecule has 5 rings (SSSR count). The molecule has 39 heavy (non-hydrogen) atoms. The summed E-state index contributed by atoms with van der Waals surface area (Å²) < 4.78 is 12.8. The summed E-state index contributed by atoms with van der Waals surface area (Å²) in [4.78, 5) is 28.6. The predicted octanol–water partition coefficient (Wildman–Crippen LogP) is 5.74. The number of hydrogen-bond donors (Lipinski definition) is 0. The van der Waals surface area contributed by atoms with Crippen molar-refractivity contribution in [3.05, 3.63) is 101 Å². The Balaban J connectivity index is 1.45. The molecule has 1 saturated heterocycles. The molecule has 1 aliphatic heterocycles. The number of hydrogen-bond acceptors (Lipinski definition) is 4. The monoisotopic (exact) mass is 523 g/mol. The first-order valence-electron chi connectivity index (χ1n) is 14.0. The van der Waals surface area contributed by atoms with E-state index in [0.717, 1.165) is 35.0 Å². The summed E-state index contributed by atoms with van der Waals surface area (Å²) in [5, 5.41) is 0. The Morgan fingerprint density at radius 3 is 2.00 bits per heavy atom. The van der Waals surface area contributed by atoms with E-state index in [2.05, 4.69) is 0 Å². The minimum absolute atomic E-state index is 0.0868. The van der Waals surface area contributed by atoms with E-state index in [1.54, 1.807) is 0 Å². The molecule has 1 saturated carbocycles. The molecule has 6 heteroatoms. The molecule has 0 aromatic heterocycles. The Labute approximate surface area is 232 Å². The average Bonchev–Trinajstić information content (AvgIpc) is 3.74. The van der Waals surface area contributed by atoms with Gasteiger partial charge in [0.15, 0.2) is 5.78 Å². The van der Waals surface area contributed by atoms with Gasteiger partial charge >= 0.3 is 7.12 Å². The fourth-order valence-corrected chi connectivity index (χ4v) is 4.97. The van der Waals surface area contributed by atoms with Crippen molar-refractivity contribution < 1.29 is 18.9 Å². The third kappa shape index (κ3) is 6.34. The molecule has 0 atom stereocenters. The van der Waals surface area contributed by atoms with Crippen LogP contribution >= 0.6 is 0 Å². The topological polar surface area (TPSA) is 55.8 Å². The van der Waals surface area contributed by atoms with Crippen LogP contribution < -0.4 is 5.46 Å². The lowest BCUT2D eigenvalue weighted by molar-refractivity contribution is -0.133. The van der Waals surface area contributed by atoms with E-state index in [4.69, 9.17) is 9.31 Å². The van der Waals surface area contributed by atoms with Crippen molar-refractivity contribution in [1.29, 1.82) is 0 Å². The Bertz CT molecular complexity index is 1300. The Hall–Kier alpha value is -3.22. The van der Waals surface area contributed by atoms with Crippen molar-refractivity contribution >= 4 is 24.3 Å². The highest BCUT2D eigenvalue weighted by atomic mass is 16.7. The van der Waals surface area contributed by atoms with Gasteiger partial charge in [0.2, 0.25) is 5.91 Å². The normalized spacial score (nSPS) is 17.7. The molecule has 3 aromatic rings. The van der Waals surface area contributed by atoms with E-state index in [0.29, 0.717) is 31.5 Å². The van der Waals surface area contributed by atoms with Gasteiger partial charge in [0.1, 0.15) is 0 Å². The molecule has 0 spiro atoms. The molecule has 1 heterocycles. The van der Waals surface area contributed by atoms with Gasteiger partial charge in [0.25, 0.3) is 0 Å². The highest BCUT2D eigenvalue weighted by Gasteiger charge is 2.52. The highest BCUT2D eigenvalue weighted by Crippen LogP contribution is 2.37. The molecule has 2 fully saturated rings. The number of amides is 1. The van der Waals surface area contributed by atoms with Gasteiger partial charge < -0.3 is 14.2 Å². The number of aryl methyl sites for hydroxylation is 1. The van der Waals surface area contributed by atoms with E-state index >= 15 is 0 Å². The van der Waals surface area contributed by atoms with Gasteiger partial charge in [-0.2, -0.15) is 0 Å². The SMILES string of the molecule is CC1(C)OB(c2ccc(C(=O)CCc3ccccc3)cc2CN(Cc2ccccc2)C(=O)C2CC2)OC1(C)C. The van der Waals surface area contributed by atoms with E-state index in [1.165, 1.54) is 0 Å². The molecule has 0 unspecified atom stereocenters. The quantitative estimate of drug-likeness (QED) is 0.251. The molecule has 1 amide bonds. The second kappa shape index (κ2) is 11.1. The molecular formula is C33H38BNO4. The molecular weight excluding hydrogens is 485 g/mol. The van der Waals surface area contributed by atoms with E-state index < -0.39 is 18.3 Å². The first-order valence-corrected chi connectivity index (χ1v) is 14.0. The lowest BCUT2D eigenvalue weighted by Crippen LogP contribution is -2.41. The summed E-state index contributed by atoms with van der Waals surface area (Å²) in [5.74, 6) is 0.341. The number of carbonyl (C=O) groups excluding carboxylic acids is 2. The first-order chi connectivity index (χ1) is 18.6. The number of Topliss-reactive ketones (excluding diaryl/α,β-unsaturated/α-hetero) is 1. The summed E-state index contributed by atoms with van der Waals surface area (Å²) in [5.41, 5.74) is 3.65. The van der Waals surface area contributed by atoms with Gasteiger partial charge in [-0.25, -0.2) is 0 Å². The summed E-state index contributed by atoms with van der Waals surface area (Å²) in [6.45, 7) is 9.05. The summed E-state index contributed by atoms with van der Waals surface area (Å²) in [6.07, 6.45) is 2.99. The zero-order valence-corrected chi connectivity index (χ0v) is 23.5. The standard InChI is InChI=1S/C33H38BNO4/c1-32(2)33(3,4)39-34(38-32)29-19-18-27(30(36)20-15-24-11-7-5-8-12-24)21-28(29)23-35(31(37)26-16-17-26)22-25-13-9-6-10-14-25/h5-14,18-19,21,26H,15-17,20,22-23H2,1-4H3. The maximum Gasteiger partial charge on any atom is 0.495 e. The Morgan fingerprint density at radius 1 is 0.821 bits per heavy atom. The molecule has 3 aromatic carbocycles. The molecule has 0 bridgehead atoms. The second-order valence-corrected chi connectivity index (χ2v) is 11.9. The lowest BCUT2D eigenvalue weighted by Gasteiger charge is -2.32. The molecule has 0 N–H and O–H groups in total. The van der Waals surface area contributed by atoms with Crippen LogP contribution in [0.3, 0.4) is 0 Å². The van der Waals surface area contributed by atoms with Gasteiger partial charge in [-0.1, -0.05) is 72.8 Å². The van der Waals surface area contributed by atoms with Gasteiger partial charge in [0.05, 0.1) is 11.2 Å². The fraction of sp³-hybridized carbons (Fsp3) is 0.394. The van der Waals surface area contributed by atoms with E-state index in [1.807, 2.05) is 111 Å². The molecule has 0 radical (unpaired) electrons. The van der Waals surface area contributed by atoms with Crippen LogP contribution in [-0.4, -0.2) is 34.9 Å². The van der Waals surface area contributed by atoms with Crippen LogP contribution in [0.25, 0.3) is 0 Å². The third-order valence-electron chi connectivity index (χ3n) is 8.27. The van der Waals surface area contributed by atoms with Crippen LogP contribution in [0.15, 0.2) is 78.9 Å². The van der Waals surface area contributed by atoms with Crippen LogP contribution in [0.1, 0.15) is 74.0 Å². The first kappa shape index (κ1) is 27.4. The van der Waals surface area contributed by atoms with Crippen LogP contribution in [0.2, 0.25) is 0 Å². The zero-order chi connectivity index (χ0) is 27.6. The Morgan fingerprint density at radius 2 is 1.41 bits per heavy atom. The lowest BCUT2D eigenvalue weighted by atomic mass is 9.75. The summed E-state index contributed by atoms with van der Waals surface area (Å²) >= 11 is 0. The number of nitrogens with zero attached hydrogens (tertiary/aromatic N) is 1. The minimum Gasteiger partial charge on any atom is -0.399 e. The van der Waals surface area contributed by atoms with Crippen molar-refractivity contribution in [3.63, 3.8) is 0 Å². The summed E-state index contributed by atoms with van der Waals surface area (Å²) in [7, 11) is -0.576. The van der Waals surface area contributed by atoms with Crippen molar-refractivity contribution in [2.75, 3.05) is 0 Å². The van der Waals surface area contributed by atoms with Crippen molar-refractivity contribution in [2.45, 2.75) is 77.7 Å². The average molecular weight is 523 g/mol. The smallest absolute Gasteiger partial charge is 0.399 e. The molecule has 202 valence electrons.